The van der Waals surface area contributed by atoms with Crippen LogP contribution in [-0.4, -0.2) is 23.3 Å². The van der Waals surface area contributed by atoms with Crippen LogP contribution in [0.5, 0.6) is 0 Å². The molecule has 0 bridgehead atoms. The molecule has 1 aliphatic carbocycles. The molecule has 2 rings (SSSR count). The van der Waals surface area contributed by atoms with Gasteiger partial charge in [-0.3, -0.25) is 5.10 Å². The summed E-state index contributed by atoms with van der Waals surface area (Å²) in [6.45, 7) is 8.97. The maximum Gasteiger partial charge on any atom is 0.0522 e. The van der Waals surface area contributed by atoms with Gasteiger partial charge in [-0.15, -0.1) is 0 Å². The van der Waals surface area contributed by atoms with Crippen molar-refractivity contribution < 1.29 is 0 Å². The predicted molar refractivity (Wildman–Crippen MR) is 80.2 cm³/mol. The smallest absolute Gasteiger partial charge is 0.0522 e. The first-order chi connectivity index (χ1) is 9.15. The van der Waals surface area contributed by atoms with Crippen LogP contribution in [0, 0.1) is 18.8 Å². The molecule has 1 aromatic rings. The first kappa shape index (κ1) is 14.3. The van der Waals surface area contributed by atoms with Gasteiger partial charge in [0.05, 0.1) is 6.20 Å². The maximum absolute atomic E-state index is 4.06. The van der Waals surface area contributed by atoms with E-state index in [-0.39, 0.29) is 0 Å². The van der Waals surface area contributed by atoms with Crippen molar-refractivity contribution >= 4 is 0 Å². The average molecular weight is 261 g/mol. The normalized spacial score (nSPS) is 23.4. The Labute approximate surface area is 116 Å². The van der Waals surface area contributed by atoms with E-state index >= 15 is 0 Å². The summed E-state index contributed by atoms with van der Waals surface area (Å²) >= 11 is 0. The third kappa shape index (κ3) is 4.50. The number of hydrogen-bond donors (Lipinski definition) is 2. The molecule has 0 aromatic carbocycles. The summed E-state index contributed by atoms with van der Waals surface area (Å²) in [6, 6.07) is 0. The topological polar surface area (TPSA) is 40.7 Å². The fraction of sp³-hybridized carbons (Fsp3) is 0.688. The molecule has 3 heteroatoms. The number of H-pyrrole nitrogens is 1. The molecule has 1 heterocycles. The predicted octanol–water partition coefficient (Wildman–Crippen LogP) is 3.23. The van der Waals surface area contributed by atoms with Crippen LogP contribution >= 0.6 is 0 Å². The van der Waals surface area contributed by atoms with Crippen LogP contribution in [0.15, 0.2) is 17.8 Å². The molecule has 0 saturated carbocycles. The minimum atomic E-state index is 0.758. The van der Waals surface area contributed by atoms with Crippen molar-refractivity contribution in [2.45, 2.75) is 46.5 Å². The van der Waals surface area contributed by atoms with Gasteiger partial charge < -0.3 is 5.32 Å². The minimum absolute atomic E-state index is 0.758. The van der Waals surface area contributed by atoms with Crippen LogP contribution in [0.4, 0.5) is 0 Å². The summed E-state index contributed by atoms with van der Waals surface area (Å²) in [5, 5.41) is 10.7. The molecule has 2 atom stereocenters. The molecule has 106 valence electrons. The van der Waals surface area contributed by atoms with Gasteiger partial charge in [0.1, 0.15) is 0 Å². The fourth-order valence-corrected chi connectivity index (χ4v) is 3.18. The minimum Gasteiger partial charge on any atom is -0.316 e. The Balaban J connectivity index is 1.60. The van der Waals surface area contributed by atoms with E-state index in [4.69, 9.17) is 0 Å². The highest BCUT2D eigenvalue weighted by Gasteiger charge is 2.17. The number of rotatable bonds is 6. The van der Waals surface area contributed by atoms with E-state index in [1.165, 1.54) is 37.1 Å². The van der Waals surface area contributed by atoms with Crippen LogP contribution in [0.1, 0.15) is 44.4 Å². The van der Waals surface area contributed by atoms with Crippen molar-refractivity contribution in [3.05, 3.63) is 29.1 Å². The summed E-state index contributed by atoms with van der Waals surface area (Å²) in [5.74, 6) is 1.59. The fourth-order valence-electron chi connectivity index (χ4n) is 3.18. The quantitative estimate of drug-likeness (QED) is 0.609. The van der Waals surface area contributed by atoms with E-state index in [9.17, 15) is 0 Å². The van der Waals surface area contributed by atoms with Crippen molar-refractivity contribution in [3.63, 3.8) is 0 Å². The molecule has 19 heavy (non-hydrogen) atoms. The molecule has 0 fully saturated rings. The largest absolute Gasteiger partial charge is 0.316 e. The van der Waals surface area contributed by atoms with Gasteiger partial charge in [0, 0.05) is 5.69 Å². The SMILES string of the molecule is CC1=CC(C)CC(CNCCCc2cn[nH]c2C)C1. The van der Waals surface area contributed by atoms with Crippen molar-refractivity contribution in [2.24, 2.45) is 11.8 Å². The van der Waals surface area contributed by atoms with Crippen LogP contribution in [0.25, 0.3) is 0 Å². The van der Waals surface area contributed by atoms with E-state index in [0.29, 0.717) is 0 Å². The average Bonchev–Trinajstić information content (AvgIpc) is 2.73. The van der Waals surface area contributed by atoms with Gasteiger partial charge in [-0.1, -0.05) is 18.6 Å². The molecule has 2 N–H and O–H groups in total. The first-order valence-corrected chi connectivity index (χ1v) is 7.52. The van der Waals surface area contributed by atoms with Gasteiger partial charge in [0.25, 0.3) is 0 Å². The lowest BCUT2D eigenvalue weighted by Gasteiger charge is -2.25. The zero-order valence-electron chi connectivity index (χ0n) is 12.5. The van der Waals surface area contributed by atoms with Gasteiger partial charge in [0.15, 0.2) is 0 Å². The van der Waals surface area contributed by atoms with Crippen molar-refractivity contribution in [3.8, 4) is 0 Å². The molecule has 3 nitrogen and oxygen atoms in total. The van der Waals surface area contributed by atoms with Gasteiger partial charge in [-0.2, -0.15) is 5.10 Å². The Hall–Kier alpha value is -1.09. The van der Waals surface area contributed by atoms with E-state index < -0.39 is 0 Å². The van der Waals surface area contributed by atoms with Crippen LogP contribution in [0.2, 0.25) is 0 Å². The molecule has 1 aliphatic rings. The Morgan fingerprint density at radius 2 is 2.26 bits per heavy atom. The highest BCUT2D eigenvalue weighted by atomic mass is 15.1. The number of nitrogens with one attached hydrogen (secondary N) is 2. The second-order valence-electron chi connectivity index (χ2n) is 6.12. The van der Waals surface area contributed by atoms with Gasteiger partial charge in [0.2, 0.25) is 0 Å². The number of allylic oxidation sites excluding steroid dienone is 2. The Morgan fingerprint density at radius 3 is 2.95 bits per heavy atom. The molecule has 0 spiro atoms. The summed E-state index contributed by atoms with van der Waals surface area (Å²) in [7, 11) is 0. The maximum atomic E-state index is 4.06. The highest BCUT2D eigenvalue weighted by molar-refractivity contribution is 5.14. The van der Waals surface area contributed by atoms with Crippen LogP contribution in [0.3, 0.4) is 0 Å². The van der Waals surface area contributed by atoms with Gasteiger partial charge in [-0.05, 0) is 70.0 Å². The summed E-state index contributed by atoms with van der Waals surface area (Å²) < 4.78 is 0. The molecule has 0 amide bonds. The number of aryl methyl sites for hydroxylation is 2. The lowest BCUT2D eigenvalue weighted by Crippen LogP contribution is -2.27. The van der Waals surface area contributed by atoms with Crippen molar-refractivity contribution in [1.82, 2.24) is 15.5 Å². The lowest BCUT2D eigenvalue weighted by molar-refractivity contribution is 0.381. The van der Waals surface area contributed by atoms with E-state index in [0.717, 1.165) is 24.8 Å². The molecule has 1 aromatic heterocycles. The van der Waals surface area contributed by atoms with Crippen molar-refractivity contribution in [2.75, 3.05) is 13.1 Å². The first-order valence-electron chi connectivity index (χ1n) is 7.52. The van der Waals surface area contributed by atoms with E-state index in [1.807, 2.05) is 6.20 Å². The highest BCUT2D eigenvalue weighted by Crippen LogP contribution is 2.27. The van der Waals surface area contributed by atoms with Gasteiger partial charge >= 0.3 is 0 Å². The molecule has 0 radical (unpaired) electrons. The second-order valence-corrected chi connectivity index (χ2v) is 6.12. The molecule has 0 aliphatic heterocycles. The molecule has 2 unspecified atom stereocenters. The zero-order valence-corrected chi connectivity index (χ0v) is 12.5. The summed E-state index contributed by atoms with van der Waals surface area (Å²) in [4.78, 5) is 0. The second kappa shape index (κ2) is 6.90. The molecular weight excluding hydrogens is 234 g/mol. The van der Waals surface area contributed by atoms with Crippen molar-refractivity contribution in [1.29, 1.82) is 0 Å². The number of aromatic nitrogens is 2. The number of nitrogens with zero attached hydrogens (tertiary/aromatic N) is 1. The van der Waals surface area contributed by atoms with E-state index in [2.05, 4.69) is 42.4 Å². The third-order valence-corrected chi connectivity index (χ3v) is 4.05. The van der Waals surface area contributed by atoms with Crippen LogP contribution in [-0.2, 0) is 6.42 Å². The number of hydrogen-bond acceptors (Lipinski definition) is 2. The Bertz CT molecular complexity index is 419. The van der Waals surface area contributed by atoms with Gasteiger partial charge in [-0.25, -0.2) is 0 Å². The monoisotopic (exact) mass is 261 g/mol. The van der Waals surface area contributed by atoms with Crippen LogP contribution < -0.4 is 5.32 Å². The number of aromatic amines is 1. The Kier molecular flexibility index (Phi) is 5.20. The van der Waals surface area contributed by atoms with E-state index in [1.54, 1.807) is 5.57 Å². The molecular formula is C16H27N3. The summed E-state index contributed by atoms with van der Waals surface area (Å²) in [5.41, 5.74) is 4.13. The summed E-state index contributed by atoms with van der Waals surface area (Å²) in [6.07, 6.45) is 9.31. The zero-order chi connectivity index (χ0) is 13.7. The third-order valence-electron chi connectivity index (χ3n) is 4.05. The Morgan fingerprint density at radius 1 is 1.42 bits per heavy atom. The molecule has 0 saturated heterocycles. The standard InChI is InChI=1S/C16H27N3/c1-12-7-13(2)9-15(8-12)10-17-6-4-5-16-11-18-19-14(16)3/h7,11-12,15,17H,4-6,8-10H2,1-3H3,(H,18,19). The lowest BCUT2D eigenvalue weighted by atomic mass is 9.84.